The number of ketones is 1. The minimum Gasteiger partial charge on any atom is -0.306 e. The van der Waals surface area contributed by atoms with Gasteiger partial charge in [-0.3, -0.25) is 4.79 Å². The predicted molar refractivity (Wildman–Crippen MR) is 98.4 cm³/mol. The van der Waals surface area contributed by atoms with Crippen LogP contribution >= 0.6 is 34.8 Å². The molecule has 0 saturated heterocycles. The minimum absolute atomic E-state index is 0.161. The van der Waals surface area contributed by atoms with Crippen molar-refractivity contribution in [3.63, 3.8) is 0 Å². The number of aromatic nitrogens is 2. The van der Waals surface area contributed by atoms with E-state index in [0.29, 0.717) is 10.6 Å². The van der Waals surface area contributed by atoms with Crippen LogP contribution in [0.4, 0.5) is 0 Å². The lowest BCUT2D eigenvalue weighted by Crippen LogP contribution is -1.96. The van der Waals surface area contributed by atoms with Gasteiger partial charge in [-0.25, -0.2) is 4.98 Å². The number of hydrogen-bond donors (Lipinski definition) is 0. The average Bonchev–Trinajstić information content (AvgIpc) is 3.13. The number of carbonyl (C=O) groups is 1. The Balaban J connectivity index is 1.78. The second-order valence-corrected chi connectivity index (χ2v) is 6.15. The van der Waals surface area contributed by atoms with Crippen LogP contribution in [0.15, 0.2) is 61.2 Å². The zero-order chi connectivity index (χ0) is 17.1. The summed E-state index contributed by atoms with van der Waals surface area (Å²) in [6.45, 7) is 0. The molecular weight excluding hydrogens is 367 g/mol. The minimum atomic E-state index is -0.239. The van der Waals surface area contributed by atoms with Crippen molar-refractivity contribution in [3.8, 4) is 5.69 Å². The molecule has 0 aliphatic carbocycles. The van der Waals surface area contributed by atoms with Gasteiger partial charge < -0.3 is 4.57 Å². The Morgan fingerprint density at radius 3 is 2.42 bits per heavy atom. The summed E-state index contributed by atoms with van der Waals surface area (Å²) in [7, 11) is 0. The van der Waals surface area contributed by atoms with Gasteiger partial charge in [0, 0.05) is 23.6 Å². The van der Waals surface area contributed by atoms with Crippen molar-refractivity contribution < 1.29 is 4.79 Å². The summed E-state index contributed by atoms with van der Waals surface area (Å²) in [5, 5.41) is 0.661. The molecule has 0 saturated carbocycles. The zero-order valence-corrected chi connectivity index (χ0v) is 14.6. The lowest BCUT2D eigenvalue weighted by atomic mass is 10.1. The number of benzene rings is 2. The van der Waals surface area contributed by atoms with Crippen LogP contribution in [0.25, 0.3) is 11.8 Å². The second-order valence-electron chi connectivity index (χ2n) is 4.98. The second kappa shape index (κ2) is 7.22. The molecule has 0 N–H and O–H groups in total. The van der Waals surface area contributed by atoms with Crippen molar-refractivity contribution >= 4 is 46.7 Å². The molecule has 2 aromatic carbocycles. The maximum atomic E-state index is 12.3. The van der Waals surface area contributed by atoms with E-state index in [1.807, 2.05) is 35.0 Å². The number of rotatable bonds is 4. The third kappa shape index (κ3) is 3.54. The molecule has 0 unspecified atom stereocenters. The van der Waals surface area contributed by atoms with E-state index in [1.54, 1.807) is 30.7 Å². The van der Waals surface area contributed by atoms with Gasteiger partial charge in [0.25, 0.3) is 0 Å². The molecule has 0 atom stereocenters. The van der Waals surface area contributed by atoms with Crippen molar-refractivity contribution in [1.29, 1.82) is 0 Å². The molecule has 3 aromatic rings. The third-order valence-electron chi connectivity index (χ3n) is 3.42. The van der Waals surface area contributed by atoms with Gasteiger partial charge >= 0.3 is 0 Å². The van der Waals surface area contributed by atoms with Crippen LogP contribution in [0.3, 0.4) is 0 Å². The molecule has 0 amide bonds. The highest BCUT2D eigenvalue weighted by Crippen LogP contribution is 2.33. The van der Waals surface area contributed by atoms with Gasteiger partial charge in [0.2, 0.25) is 0 Å². The Morgan fingerprint density at radius 1 is 1.00 bits per heavy atom. The van der Waals surface area contributed by atoms with E-state index in [4.69, 9.17) is 34.8 Å². The van der Waals surface area contributed by atoms with Gasteiger partial charge in [0.15, 0.2) is 5.78 Å². The molecule has 0 spiro atoms. The molecule has 3 nitrogen and oxygen atoms in total. The maximum absolute atomic E-state index is 12.3. The normalized spacial score (nSPS) is 11.1. The van der Waals surface area contributed by atoms with Crippen LogP contribution in [-0.2, 0) is 0 Å². The molecule has 6 heteroatoms. The molecular formula is C18H11Cl3N2O. The van der Waals surface area contributed by atoms with E-state index in [1.165, 1.54) is 6.08 Å². The molecule has 0 bridgehead atoms. The van der Waals surface area contributed by atoms with E-state index in [-0.39, 0.29) is 15.8 Å². The van der Waals surface area contributed by atoms with Crippen molar-refractivity contribution in [3.05, 3.63) is 87.4 Å². The lowest BCUT2D eigenvalue weighted by Gasteiger charge is -2.04. The summed E-state index contributed by atoms with van der Waals surface area (Å²) in [6.07, 6.45) is 8.48. The Hall–Kier alpha value is -2.07. The standard InChI is InChI=1S/C18H11Cl3N2O/c19-15-7-6-14(17(20)18(15)21)16(24)8-3-12-1-4-13(5-2-12)23-10-9-22-11-23/h1-11H/b8-3+. The molecule has 1 aromatic heterocycles. The highest BCUT2D eigenvalue weighted by molar-refractivity contribution is 6.49. The van der Waals surface area contributed by atoms with Crippen LogP contribution in [0, 0.1) is 0 Å². The van der Waals surface area contributed by atoms with E-state index in [0.717, 1.165) is 11.3 Å². The predicted octanol–water partition coefficient (Wildman–Crippen LogP) is 5.73. The first-order valence-corrected chi connectivity index (χ1v) is 8.14. The fourth-order valence-electron chi connectivity index (χ4n) is 2.15. The van der Waals surface area contributed by atoms with Gasteiger partial charge in [0.05, 0.1) is 21.4 Å². The maximum Gasteiger partial charge on any atom is 0.187 e. The Bertz CT molecular complexity index is 901. The van der Waals surface area contributed by atoms with Gasteiger partial charge in [0.1, 0.15) is 0 Å². The summed E-state index contributed by atoms with van der Waals surface area (Å²) in [6, 6.07) is 10.8. The first kappa shape index (κ1) is 16.8. The fourth-order valence-corrected chi connectivity index (χ4v) is 2.78. The van der Waals surface area contributed by atoms with Crippen molar-refractivity contribution in [2.45, 2.75) is 0 Å². The molecule has 0 fully saturated rings. The van der Waals surface area contributed by atoms with E-state index in [9.17, 15) is 4.79 Å². The lowest BCUT2D eigenvalue weighted by molar-refractivity contribution is 0.104. The monoisotopic (exact) mass is 376 g/mol. The number of hydrogen-bond acceptors (Lipinski definition) is 2. The van der Waals surface area contributed by atoms with Crippen LogP contribution in [0.5, 0.6) is 0 Å². The van der Waals surface area contributed by atoms with E-state index in [2.05, 4.69) is 4.98 Å². The Labute approximate surface area is 154 Å². The molecule has 0 radical (unpaired) electrons. The highest BCUT2D eigenvalue weighted by atomic mass is 35.5. The number of carbonyl (C=O) groups excluding carboxylic acids is 1. The number of nitrogens with zero attached hydrogens (tertiary/aromatic N) is 2. The van der Waals surface area contributed by atoms with E-state index >= 15 is 0 Å². The number of imidazole rings is 1. The summed E-state index contributed by atoms with van der Waals surface area (Å²) in [5.74, 6) is -0.239. The topological polar surface area (TPSA) is 34.9 Å². The summed E-state index contributed by atoms with van der Waals surface area (Å²) >= 11 is 17.9. The summed E-state index contributed by atoms with van der Waals surface area (Å²) in [4.78, 5) is 16.3. The molecule has 0 aliphatic heterocycles. The highest BCUT2D eigenvalue weighted by Gasteiger charge is 2.13. The van der Waals surface area contributed by atoms with Gasteiger partial charge in [-0.05, 0) is 35.9 Å². The third-order valence-corrected chi connectivity index (χ3v) is 4.72. The number of halogens is 3. The van der Waals surface area contributed by atoms with Gasteiger partial charge in [-0.15, -0.1) is 0 Å². The quantitative estimate of drug-likeness (QED) is 0.331. The van der Waals surface area contributed by atoms with Crippen molar-refractivity contribution in [1.82, 2.24) is 9.55 Å². The van der Waals surface area contributed by atoms with Crippen LogP contribution in [-0.4, -0.2) is 15.3 Å². The first-order valence-electron chi connectivity index (χ1n) is 7.00. The average molecular weight is 378 g/mol. The molecule has 0 aliphatic rings. The zero-order valence-electron chi connectivity index (χ0n) is 12.3. The SMILES string of the molecule is O=C(/C=C/c1ccc(-n2ccnc2)cc1)c1ccc(Cl)c(Cl)c1Cl. The number of allylic oxidation sites excluding steroid dienone is 1. The van der Waals surface area contributed by atoms with Crippen LogP contribution in [0.1, 0.15) is 15.9 Å². The largest absolute Gasteiger partial charge is 0.306 e. The van der Waals surface area contributed by atoms with Crippen LogP contribution in [0.2, 0.25) is 15.1 Å². The molecule has 1 heterocycles. The van der Waals surface area contributed by atoms with Gasteiger partial charge in [-0.2, -0.15) is 0 Å². The smallest absolute Gasteiger partial charge is 0.187 e. The summed E-state index contributed by atoms with van der Waals surface area (Å²) in [5.41, 5.74) is 2.20. The summed E-state index contributed by atoms with van der Waals surface area (Å²) < 4.78 is 1.90. The molecule has 3 rings (SSSR count). The van der Waals surface area contributed by atoms with E-state index < -0.39 is 0 Å². The fraction of sp³-hybridized carbons (Fsp3) is 0. The first-order chi connectivity index (χ1) is 11.6. The van der Waals surface area contributed by atoms with Crippen molar-refractivity contribution in [2.75, 3.05) is 0 Å². The van der Waals surface area contributed by atoms with Gasteiger partial charge in [-0.1, -0.05) is 53.0 Å². The van der Waals surface area contributed by atoms with Crippen molar-refractivity contribution in [2.24, 2.45) is 0 Å². The molecule has 120 valence electrons. The Morgan fingerprint density at radius 2 is 1.75 bits per heavy atom. The molecule has 24 heavy (non-hydrogen) atoms. The van der Waals surface area contributed by atoms with Crippen LogP contribution < -0.4 is 0 Å². The Kier molecular flexibility index (Phi) is 5.05.